The van der Waals surface area contributed by atoms with Crippen LogP contribution in [0.4, 0.5) is 0 Å². The van der Waals surface area contributed by atoms with Crippen molar-refractivity contribution in [1.82, 2.24) is 5.16 Å². The summed E-state index contributed by atoms with van der Waals surface area (Å²) in [7, 11) is 0. The lowest BCUT2D eigenvalue weighted by molar-refractivity contribution is 0.421. The van der Waals surface area contributed by atoms with E-state index in [0.29, 0.717) is 6.54 Å². The maximum atomic E-state index is 9.11. The van der Waals surface area contributed by atoms with Gasteiger partial charge in [-0.05, 0) is 24.3 Å². The van der Waals surface area contributed by atoms with Crippen molar-refractivity contribution >= 4 is 12.4 Å². The Balaban J connectivity index is 0.00000112. The fraction of sp³-hybridized carbons (Fsp3) is 0.100. The topological polar surface area (TPSA) is 72.3 Å². The SMILES string of the molecule is Cl.NCc1conc1-c1ccc(O)cc1. The van der Waals surface area contributed by atoms with Gasteiger partial charge in [0, 0.05) is 17.7 Å². The molecule has 80 valence electrons. The second-order valence-corrected chi connectivity index (χ2v) is 2.94. The molecule has 1 heterocycles. The lowest BCUT2D eigenvalue weighted by Crippen LogP contribution is -1.96. The molecule has 0 amide bonds. The summed E-state index contributed by atoms with van der Waals surface area (Å²) >= 11 is 0. The summed E-state index contributed by atoms with van der Waals surface area (Å²) in [5.74, 6) is 0.228. The van der Waals surface area contributed by atoms with Crippen LogP contribution in [0.3, 0.4) is 0 Å². The van der Waals surface area contributed by atoms with Gasteiger partial charge in [0.15, 0.2) is 0 Å². The van der Waals surface area contributed by atoms with Gasteiger partial charge in [-0.3, -0.25) is 0 Å². The fourth-order valence-corrected chi connectivity index (χ4v) is 1.26. The molecule has 0 bridgehead atoms. The molecule has 0 atom stereocenters. The first kappa shape index (κ1) is 11.6. The van der Waals surface area contributed by atoms with Gasteiger partial charge in [-0.2, -0.15) is 0 Å². The van der Waals surface area contributed by atoms with Crippen molar-refractivity contribution in [1.29, 1.82) is 0 Å². The number of hydrogen-bond acceptors (Lipinski definition) is 4. The second-order valence-electron chi connectivity index (χ2n) is 2.94. The maximum absolute atomic E-state index is 9.11. The molecule has 4 nitrogen and oxygen atoms in total. The van der Waals surface area contributed by atoms with Crippen molar-refractivity contribution in [2.75, 3.05) is 0 Å². The van der Waals surface area contributed by atoms with Crippen molar-refractivity contribution in [3.63, 3.8) is 0 Å². The van der Waals surface area contributed by atoms with Crippen LogP contribution >= 0.6 is 12.4 Å². The predicted molar refractivity (Wildman–Crippen MR) is 58.7 cm³/mol. The minimum absolute atomic E-state index is 0. The number of benzene rings is 1. The van der Waals surface area contributed by atoms with E-state index in [2.05, 4.69) is 5.16 Å². The Morgan fingerprint density at radius 3 is 2.53 bits per heavy atom. The average Bonchev–Trinajstić information content (AvgIpc) is 2.67. The third-order valence-electron chi connectivity index (χ3n) is 2.00. The first-order valence-electron chi connectivity index (χ1n) is 4.24. The highest BCUT2D eigenvalue weighted by Gasteiger charge is 2.07. The highest BCUT2D eigenvalue weighted by atomic mass is 35.5. The molecule has 0 saturated carbocycles. The van der Waals surface area contributed by atoms with E-state index in [4.69, 9.17) is 15.4 Å². The molecule has 0 spiro atoms. The molecule has 0 saturated heterocycles. The molecular formula is C10H11ClN2O2. The second kappa shape index (κ2) is 4.82. The predicted octanol–water partition coefficient (Wildman–Crippen LogP) is 1.93. The number of nitrogens with zero attached hydrogens (tertiary/aromatic N) is 1. The van der Waals surface area contributed by atoms with Crippen LogP contribution < -0.4 is 5.73 Å². The van der Waals surface area contributed by atoms with Gasteiger partial charge in [-0.25, -0.2) is 0 Å². The van der Waals surface area contributed by atoms with E-state index >= 15 is 0 Å². The summed E-state index contributed by atoms with van der Waals surface area (Å²) in [5.41, 5.74) is 7.99. The van der Waals surface area contributed by atoms with Gasteiger partial charge in [0.05, 0.1) is 0 Å². The zero-order chi connectivity index (χ0) is 9.97. The van der Waals surface area contributed by atoms with E-state index in [1.165, 1.54) is 6.26 Å². The zero-order valence-corrected chi connectivity index (χ0v) is 8.70. The Morgan fingerprint density at radius 2 is 1.93 bits per heavy atom. The normalized spacial score (nSPS) is 9.67. The molecule has 15 heavy (non-hydrogen) atoms. The first-order chi connectivity index (χ1) is 6.81. The Labute approximate surface area is 93.1 Å². The molecule has 1 aromatic heterocycles. The van der Waals surface area contributed by atoms with Crippen molar-refractivity contribution < 1.29 is 9.63 Å². The van der Waals surface area contributed by atoms with E-state index < -0.39 is 0 Å². The summed E-state index contributed by atoms with van der Waals surface area (Å²) in [6, 6.07) is 6.74. The summed E-state index contributed by atoms with van der Waals surface area (Å²) < 4.78 is 4.83. The minimum atomic E-state index is 0. The quantitative estimate of drug-likeness (QED) is 0.821. The molecule has 5 heteroatoms. The highest BCUT2D eigenvalue weighted by Crippen LogP contribution is 2.23. The lowest BCUT2D eigenvalue weighted by Gasteiger charge is -1.98. The molecule has 0 aliphatic carbocycles. The largest absolute Gasteiger partial charge is 0.508 e. The van der Waals surface area contributed by atoms with E-state index in [1.54, 1.807) is 24.3 Å². The lowest BCUT2D eigenvalue weighted by atomic mass is 10.1. The zero-order valence-electron chi connectivity index (χ0n) is 7.88. The van der Waals surface area contributed by atoms with Crippen LogP contribution in [0.2, 0.25) is 0 Å². The number of aromatic hydroxyl groups is 1. The number of phenolic OH excluding ortho intramolecular Hbond substituents is 1. The van der Waals surface area contributed by atoms with Gasteiger partial charge in [0.1, 0.15) is 17.7 Å². The summed E-state index contributed by atoms with van der Waals surface area (Å²) in [6.07, 6.45) is 1.53. The number of rotatable bonds is 2. The molecule has 0 fully saturated rings. The smallest absolute Gasteiger partial charge is 0.128 e. The summed E-state index contributed by atoms with van der Waals surface area (Å²) in [6.45, 7) is 0.389. The van der Waals surface area contributed by atoms with E-state index in [1.807, 2.05) is 0 Å². The standard InChI is InChI=1S/C10H10N2O2.ClH/c11-5-8-6-14-12-10(8)7-1-3-9(13)4-2-7;/h1-4,6,13H,5,11H2;1H. The van der Waals surface area contributed by atoms with E-state index in [0.717, 1.165) is 16.8 Å². The van der Waals surface area contributed by atoms with E-state index in [-0.39, 0.29) is 18.2 Å². The molecule has 0 aliphatic rings. The number of phenols is 1. The number of halogens is 1. The molecule has 0 unspecified atom stereocenters. The van der Waals surface area contributed by atoms with Crippen LogP contribution in [0.25, 0.3) is 11.3 Å². The number of aromatic nitrogens is 1. The number of hydrogen-bond donors (Lipinski definition) is 2. The molecule has 1 aromatic carbocycles. The van der Waals surface area contributed by atoms with Crippen LogP contribution in [0.1, 0.15) is 5.56 Å². The minimum Gasteiger partial charge on any atom is -0.508 e. The monoisotopic (exact) mass is 226 g/mol. The van der Waals surface area contributed by atoms with Crippen molar-refractivity contribution in [2.24, 2.45) is 5.73 Å². The third kappa shape index (κ3) is 2.29. The van der Waals surface area contributed by atoms with Gasteiger partial charge in [-0.15, -0.1) is 12.4 Å². The van der Waals surface area contributed by atoms with Gasteiger partial charge < -0.3 is 15.4 Å². The Bertz CT molecular complexity index is 425. The van der Waals surface area contributed by atoms with Crippen LogP contribution in [-0.4, -0.2) is 10.3 Å². The number of nitrogens with two attached hydrogens (primary N) is 1. The molecular weight excluding hydrogens is 216 g/mol. The van der Waals surface area contributed by atoms with E-state index in [9.17, 15) is 0 Å². The molecule has 2 aromatic rings. The summed E-state index contributed by atoms with van der Waals surface area (Å²) in [4.78, 5) is 0. The van der Waals surface area contributed by atoms with Crippen LogP contribution in [0.15, 0.2) is 35.1 Å². The Morgan fingerprint density at radius 1 is 1.27 bits per heavy atom. The molecule has 0 radical (unpaired) electrons. The van der Waals surface area contributed by atoms with Gasteiger partial charge in [-0.1, -0.05) is 5.16 Å². The molecule has 3 N–H and O–H groups in total. The average molecular weight is 227 g/mol. The van der Waals surface area contributed by atoms with Gasteiger partial charge in [0.25, 0.3) is 0 Å². The fourth-order valence-electron chi connectivity index (χ4n) is 1.26. The van der Waals surface area contributed by atoms with Crippen molar-refractivity contribution in [3.8, 4) is 17.0 Å². The van der Waals surface area contributed by atoms with Crippen LogP contribution in [0.5, 0.6) is 5.75 Å². The van der Waals surface area contributed by atoms with Crippen molar-refractivity contribution in [3.05, 3.63) is 36.1 Å². The van der Waals surface area contributed by atoms with Crippen LogP contribution in [-0.2, 0) is 6.54 Å². The first-order valence-corrected chi connectivity index (χ1v) is 4.24. The van der Waals surface area contributed by atoms with Gasteiger partial charge >= 0.3 is 0 Å². The molecule has 0 aliphatic heterocycles. The van der Waals surface area contributed by atoms with Crippen molar-refractivity contribution in [2.45, 2.75) is 6.54 Å². The third-order valence-corrected chi connectivity index (χ3v) is 2.00. The molecule has 2 rings (SSSR count). The maximum Gasteiger partial charge on any atom is 0.128 e. The summed E-state index contributed by atoms with van der Waals surface area (Å²) in [5, 5.41) is 13.0. The Hall–Kier alpha value is -1.52. The Kier molecular flexibility index (Phi) is 3.71. The van der Waals surface area contributed by atoms with Gasteiger partial charge in [0.2, 0.25) is 0 Å². The highest BCUT2D eigenvalue weighted by molar-refractivity contribution is 5.85. The van der Waals surface area contributed by atoms with Crippen LogP contribution in [0, 0.1) is 0 Å².